The summed E-state index contributed by atoms with van der Waals surface area (Å²) < 4.78 is 27.4. The van der Waals surface area contributed by atoms with Gasteiger partial charge in [0.2, 0.25) is 10.0 Å². The Morgan fingerprint density at radius 1 is 1.41 bits per heavy atom. The SMILES string of the molecule is Cc1cc(S(=O)(=O)N2CCCC2C)ccc1Br. The van der Waals surface area contributed by atoms with Crippen LogP contribution in [0.3, 0.4) is 0 Å². The molecule has 0 amide bonds. The first-order chi connectivity index (χ1) is 7.93. The first kappa shape index (κ1) is 13.1. The third kappa shape index (κ3) is 2.41. The lowest BCUT2D eigenvalue weighted by molar-refractivity contribution is 0.408. The highest BCUT2D eigenvalue weighted by molar-refractivity contribution is 9.10. The highest BCUT2D eigenvalue weighted by atomic mass is 79.9. The molecule has 3 nitrogen and oxygen atoms in total. The highest BCUT2D eigenvalue weighted by Crippen LogP contribution is 2.27. The number of halogens is 1. The molecule has 0 aliphatic carbocycles. The molecule has 0 radical (unpaired) electrons. The molecule has 1 aliphatic rings. The smallest absolute Gasteiger partial charge is 0.207 e. The van der Waals surface area contributed by atoms with E-state index in [4.69, 9.17) is 0 Å². The van der Waals surface area contributed by atoms with Gasteiger partial charge in [-0.1, -0.05) is 15.9 Å². The molecule has 1 aliphatic heterocycles. The quantitative estimate of drug-likeness (QED) is 0.841. The molecule has 1 atom stereocenters. The number of rotatable bonds is 2. The van der Waals surface area contributed by atoms with Gasteiger partial charge in [0.25, 0.3) is 0 Å². The van der Waals surface area contributed by atoms with Crippen LogP contribution in [0.2, 0.25) is 0 Å². The minimum absolute atomic E-state index is 0.115. The molecule has 0 aromatic heterocycles. The Labute approximate surface area is 111 Å². The van der Waals surface area contributed by atoms with Crippen molar-refractivity contribution in [3.8, 4) is 0 Å². The largest absolute Gasteiger partial charge is 0.243 e. The maximum absolute atomic E-state index is 12.4. The van der Waals surface area contributed by atoms with E-state index in [1.54, 1.807) is 22.5 Å². The third-order valence-electron chi connectivity index (χ3n) is 3.23. The summed E-state index contributed by atoms with van der Waals surface area (Å²) in [6.45, 7) is 4.51. The summed E-state index contributed by atoms with van der Waals surface area (Å²) in [4.78, 5) is 0.395. The van der Waals surface area contributed by atoms with E-state index in [0.29, 0.717) is 11.4 Å². The lowest BCUT2D eigenvalue weighted by atomic mass is 10.2. The molecular weight excluding hydrogens is 302 g/mol. The van der Waals surface area contributed by atoms with Crippen molar-refractivity contribution < 1.29 is 8.42 Å². The Hall–Kier alpha value is -0.390. The van der Waals surface area contributed by atoms with Crippen LogP contribution in [0.4, 0.5) is 0 Å². The Morgan fingerprint density at radius 3 is 2.65 bits per heavy atom. The van der Waals surface area contributed by atoms with Gasteiger partial charge in [-0.3, -0.25) is 0 Å². The second-order valence-corrected chi connectivity index (χ2v) is 7.26. The van der Waals surface area contributed by atoms with E-state index in [9.17, 15) is 8.42 Å². The van der Waals surface area contributed by atoms with E-state index in [-0.39, 0.29) is 6.04 Å². The first-order valence-electron chi connectivity index (χ1n) is 5.71. The van der Waals surface area contributed by atoms with Gasteiger partial charge < -0.3 is 0 Å². The van der Waals surface area contributed by atoms with Crippen molar-refractivity contribution in [1.82, 2.24) is 4.31 Å². The molecule has 1 fully saturated rings. The molecule has 1 saturated heterocycles. The van der Waals surface area contributed by atoms with Crippen molar-refractivity contribution in [1.29, 1.82) is 0 Å². The van der Waals surface area contributed by atoms with Crippen LogP contribution < -0.4 is 0 Å². The average molecular weight is 318 g/mol. The van der Waals surface area contributed by atoms with Crippen LogP contribution in [-0.2, 0) is 10.0 Å². The van der Waals surface area contributed by atoms with E-state index in [0.717, 1.165) is 22.9 Å². The molecule has 0 bridgehead atoms. The summed E-state index contributed by atoms with van der Waals surface area (Å²) in [6, 6.07) is 5.30. The van der Waals surface area contributed by atoms with Crippen LogP contribution in [-0.4, -0.2) is 25.3 Å². The van der Waals surface area contributed by atoms with Crippen LogP contribution in [0.1, 0.15) is 25.3 Å². The Kier molecular flexibility index (Phi) is 3.61. The zero-order valence-corrected chi connectivity index (χ0v) is 12.4. The molecule has 1 heterocycles. The van der Waals surface area contributed by atoms with E-state index in [2.05, 4.69) is 15.9 Å². The molecule has 5 heteroatoms. The monoisotopic (exact) mass is 317 g/mol. The number of nitrogens with zero attached hydrogens (tertiary/aromatic N) is 1. The molecule has 2 rings (SSSR count). The van der Waals surface area contributed by atoms with E-state index in [1.165, 1.54) is 0 Å². The highest BCUT2D eigenvalue weighted by Gasteiger charge is 2.32. The zero-order valence-electron chi connectivity index (χ0n) is 9.98. The molecule has 0 N–H and O–H groups in total. The average Bonchev–Trinajstić information content (AvgIpc) is 2.69. The van der Waals surface area contributed by atoms with E-state index < -0.39 is 10.0 Å². The summed E-state index contributed by atoms with van der Waals surface area (Å²) >= 11 is 3.38. The van der Waals surface area contributed by atoms with Crippen molar-refractivity contribution in [2.24, 2.45) is 0 Å². The molecule has 0 saturated carbocycles. The van der Waals surface area contributed by atoms with Gasteiger partial charge in [-0.15, -0.1) is 0 Å². The number of aryl methyl sites for hydroxylation is 1. The van der Waals surface area contributed by atoms with Gasteiger partial charge in [-0.05, 0) is 50.5 Å². The van der Waals surface area contributed by atoms with Gasteiger partial charge in [-0.25, -0.2) is 8.42 Å². The number of hydrogen-bond donors (Lipinski definition) is 0. The predicted molar refractivity (Wildman–Crippen MR) is 71.5 cm³/mol. The van der Waals surface area contributed by atoms with Gasteiger partial charge in [0.1, 0.15) is 0 Å². The molecule has 17 heavy (non-hydrogen) atoms. The second-order valence-electron chi connectivity index (χ2n) is 4.52. The van der Waals surface area contributed by atoms with Gasteiger partial charge in [0.15, 0.2) is 0 Å². The van der Waals surface area contributed by atoms with Crippen molar-refractivity contribution in [3.63, 3.8) is 0 Å². The van der Waals surface area contributed by atoms with Crippen LogP contribution in [0.25, 0.3) is 0 Å². The minimum Gasteiger partial charge on any atom is -0.207 e. The number of hydrogen-bond acceptors (Lipinski definition) is 2. The molecule has 0 spiro atoms. The van der Waals surface area contributed by atoms with E-state index >= 15 is 0 Å². The van der Waals surface area contributed by atoms with E-state index in [1.807, 2.05) is 13.8 Å². The van der Waals surface area contributed by atoms with Gasteiger partial charge in [-0.2, -0.15) is 4.31 Å². The van der Waals surface area contributed by atoms with Crippen molar-refractivity contribution in [3.05, 3.63) is 28.2 Å². The summed E-state index contributed by atoms with van der Waals surface area (Å²) in [5.41, 5.74) is 0.943. The summed E-state index contributed by atoms with van der Waals surface area (Å²) in [5.74, 6) is 0. The van der Waals surface area contributed by atoms with Crippen molar-refractivity contribution in [2.75, 3.05) is 6.54 Å². The standard InChI is InChI=1S/C12H16BrNO2S/c1-9-8-11(5-6-12(9)13)17(15,16)14-7-3-4-10(14)2/h5-6,8,10H,3-4,7H2,1-2H3. The lowest BCUT2D eigenvalue weighted by Crippen LogP contribution is -2.33. The number of sulfonamides is 1. The topological polar surface area (TPSA) is 37.4 Å². The van der Waals surface area contributed by atoms with Crippen LogP contribution in [0, 0.1) is 6.92 Å². The Balaban J connectivity index is 2.41. The van der Waals surface area contributed by atoms with Crippen LogP contribution in [0.5, 0.6) is 0 Å². The summed E-state index contributed by atoms with van der Waals surface area (Å²) in [5, 5.41) is 0. The van der Waals surface area contributed by atoms with Crippen molar-refractivity contribution >= 4 is 26.0 Å². The maximum Gasteiger partial charge on any atom is 0.243 e. The van der Waals surface area contributed by atoms with Crippen molar-refractivity contribution in [2.45, 2.75) is 37.6 Å². The predicted octanol–water partition coefficient (Wildman–Crippen LogP) is 2.93. The summed E-state index contributed by atoms with van der Waals surface area (Å²) in [6.07, 6.45) is 1.91. The maximum atomic E-state index is 12.4. The molecular formula is C12H16BrNO2S. The van der Waals surface area contributed by atoms with Crippen LogP contribution in [0.15, 0.2) is 27.6 Å². The second kappa shape index (κ2) is 4.71. The molecule has 94 valence electrons. The minimum atomic E-state index is -3.31. The molecule has 1 aromatic rings. The van der Waals surface area contributed by atoms with Crippen LogP contribution >= 0.6 is 15.9 Å². The first-order valence-corrected chi connectivity index (χ1v) is 7.94. The van der Waals surface area contributed by atoms with Gasteiger partial charge in [0.05, 0.1) is 4.90 Å². The molecule has 1 unspecified atom stereocenters. The normalized spacial score (nSPS) is 21.9. The number of benzene rings is 1. The fourth-order valence-corrected chi connectivity index (χ4v) is 4.21. The zero-order chi connectivity index (χ0) is 12.6. The Morgan fingerprint density at radius 2 is 2.12 bits per heavy atom. The fraction of sp³-hybridized carbons (Fsp3) is 0.500. The molecule has 1 aromatic carbocycles. The summed E-state index contributed by atoms with van der Waals surface area (Å²) in [7, 11) is -3.31. The van der Waals surface area contributed by atoms with Gasteiger partial charge in [0, 0.05) is 17.1 Å². The van der Waals surface area contributed by atoms with Gasteiger partial charge >= 0.3 is 0 Å². The fourth-order valence-electron chi connectivity index (χ4n) is 2.18. The lowest BCUT2D eigenvalue weighted by Gasteiger charge is -2.21. The Bertz CT molecular complexity index is 527. The third-order valence-corrected chi connectivity index (χ3v) is 6.13.